The first-order valence-corrected chi connectivity index (χ1v) is 5.37. The van der Waals surface area contributed by atoms with Gasteiger partial charge in [0.25, 0.3) is 11.8 Å². The second-order valence-electron chi connectivity index (χ2n) is 3.79. The van der Waals surface area contributed by atoms with Crippen LogP contribution in [0.1, 0.15) is 31.2 Å². The third kappa shape index (κ3) is 1.68. The number of amides is 2. The van der Waals surface area contributed by atoms with Crippen LogP contribution in [0.15, 0.2) is 36.8 Å². The Morgan fingerprint density at radius 3 is 2.32 bits per heavy atom. The van der Waals surface area contributed by atoms with Crippen molar-refractivity contribution in [1.29, 1.82) is 0 Å². The van der Waals surface area contributed by atoms with Crippen LogP contribution in [0.25, 0.3) is 0 Å². The molecule has 2 heterocycles. The fourth-order valence-electron chi connectivity index (χ4n) is 1.75. The lowest BCUT2D eigenvalue weighted by molar-refractivity contribution is -0.0588. The summed E-state index contributed by atoms with van der Waals surface area (Å²) < 4.78 is 0. The van der Waals surface area contributed by atoms with Gasteiger partial charge in [0.1, 0.15) is 5.69 Å². The lowest BCUT2D eigenvalue weighted by Gasteiger charge is -2.11. The molecule has 0 fully saturated rings. The minimum Gasteiger partial charge on any atom is -0.339 e. The monoisotopic (exact) mass is 257 g/mol. The minimum atomic E-state index is -0.855. The fraction of sp³-hybridized carbons (Fsp3) is 0. The van der Waals surface area contributed by atoms with E-state index in [0.717, 1.165) is 0 Å². The van der Waals surface area contributed by atoms with Gasteiger partial charge in [-0.05, 0) is 12.1 Å². The number of benzene rings is 1. The maximum absolute atomic E-state index is 11.9. The molecule has 0 aliphatic carbocycles. The molecule has 94 valence electrons. The number of aromatic amines is 1. The molecule has 7 nitrogen and oxygen atoms in total. The molecule has 0 spiro atoms. The molecule has 3 rings (SSSR count). The van der Waals surface area contributed by atoms with Crippen molar-refractivity contribution < 1.29 is 19.2 Å². The smallest absolute Gasteiger partial charge is 0.339 e. The van der Waals surface area contributed by atoms with Crippen molar-refractivity contribution in [2.24, 2.45) is 0 Å². The molecule has 1 aromatic heterocycles. The Balaban J connectivity index is 1.87. The molecule has 0 atom stereocenters. The Labute approximate surface area is 106 Å². The summed E-state index contributed by atoms with van der Waals surface area (Å²) in [6.07, 6.45) is 2.53. The first-order chi connectivity index (χ1) is 9.18. The lowest BCUT2D eigenvalue weighted by Crippen LogP contribution is -2.32. The van der Waals surface area contributed by atoms with E-state index in [9.17, 15) is 14.4 Å². The van der Waals surface area contributed by atoms with E-state index in [4.69, 9.17) is 4.84 Å². The van der Waals surface area contributed by atoms with Crippen LogP contribution < -0.4 is 0 Å². The van der Waals surface area contributed by atoms with Gasteiger partial charge in [-0.3, -0.25) is 9.59 Å². The first-order valence-electron chi connectivity index (χ1n) is 5.37. The molecule has 0 saturated heterocycles. The van der Waals surface area contributed by atoms with Crippen LogP contribution in [0.3, 0.4) is 0 Å². The maximum Gasteiger partial charge on any atom is 0.381 e. The standard InChI is InChI=1S/C12H7N3O4/c16-10-7-3-1-2-4-8(7)11(17)15(10)19-12(18)9-5-13-6-14-9/h1-6H,(H,13,14). The van der Waals surface area contributed by atoms with Crippen LogP contribution in [-0.2, 0) is 4.84 Å². The Morgan fingerprint density at radius 1 is 1.16 bits per heavy atom. The Morgan fingerprint density at radius 2 is 1.79 bits per heavy atom. The molecule has 19 heavy (non-hydrogen) atoms. The van der Waals surface area contributed by atoms with Gasteiger partial charge in [-0.2, -0.15) is 0 Å². The molecule has 0 bridgehead atoms. The van der Waals surface area contributed by atoms with Gasteiger partial charge >= 0.3 is 5.97 Å². The third-order valence-corrected chi connectivity index (χ3v) is 2.65. The zero-order chi connectivity index (χ0) is 13.4. The quantitative estimate of drug-likeness (QED) is 0.802. The average molecular weight is 257 g/mol. The van der Waals surface area contributed by atoms with E-state index in [-0.39, 0.29) is 16.8 Å². The van der Waals surface area contributed by atoms with Gasteiger partial charge in [0, 0.05) is 0 Å². The van der Waals surface area contributed by atoms with E-state index in [1.807, 2.05) is 0 Å². The number of hydrogen-bond acceptors (Lipinski definition) is 5. The molecule has 1 N–H and O–H groups in total. The number of carbonyl (C=O) groups is 3. The number of nitrogens with one attached hydrogen (secondary N) is 1. The highest BCUT2D eigenvalue weighted by Crippen LogP contribution is 2.22. The molecule has 0 radical (unpaired) electrons. The van der Waals surface area contributed by atoms with Crippen LogP contribution in [0, 0.1) is 0 Å². The number of imide groups is 1. The molecule has 0 saturated carbocycles. The molecule has 0 unspecified atom stereocenters. The van der Waals surface area contributed by atoms with Gasteiger partial charge in [0.15, 0.2) is 0 Å². The number of aromatic nitrogens is 2. The van der Waals surface area contributed by atoms with Crippen molar-refractivity contribution in [3.8, 4) is 0 Å². The molecule has 1 aliphatic rings. The summed E-state index contributed by atoms with van der Waals surface area (Å²) in [4.78, 5) is 46.5. The number of imidazole rings is 1. The Bertz CT molecular complexity index is 643. The predicted molar refractivity (Wildman–Crippen MR) is 60.9 cm³/mol. The van der Waals surface area contributed by atoms with Crippen LogP contribution in [0.4, 0.5) is 0 Å². The molecule has 7 heteroatoms. The summed E-state index contributed by atoms with van der Waals surface area (Å²) in [5.41, 5.74) is 0.478. The summed E-state index contributed by atoms with van der Waals surface area (Å²) >= 11 is 0. The Kier molecular flexibility index (Phi) is 2.38. The van der Waals surface area contributed by atoms with E-state index >= 15 is 0 Å². The van der Waals surface area contributed by atoms with Crippen molar-refractivity contribution in [3.05, 3.63) is 53.6 Å². The first kappa shape index (κ1) is 11.1. The van der Waals surface area contributed by atoms with Crippen molar-refractivity contribution in [2.75, 3.05) is 0 Å². The number of hydrogen-bond donors (Lipinski definition) is 1. The van der Waals surface area contributed by atoms with E-state index in [2.05, 4.69) is 9.97 Å². The number of H-pyrrole nitrogens is 1. The zero-order valence-corrected chi connectivity index (χ0v) is 9.49. The molecular formula is C12H7N3O4. The summed E-state index contributed by atoms with van der Waals surface area (Å²) in [7, 11) is 0. The molecule has 2 aromatic rings. The largest absolute Gasteiger partial charge is 0.381 e. The van der Waals surface area contributed by atoms with Gasteiger partial charge in [-0.1, -0.05) is 17.2 Å². The maximum atomic E-state index is 11.9. The SMILES string of the molecule is O=C(ON1C(=O)c2ccccc2C1=O)c1cnc[nH]1. The van der Waals surface area contributed by atoms with Gasteiger partial charge in [-0.25, -0.2) is 9.78 Å². The average Bonchev–Trinajstić information content (AvgIpc) is 3.03. The minimum absolute atomic E-state index is 0.0524. The van der Waals surface area contributed by atoms with Crippen LogP contribution in [0.2, 0.25) is 0 Å². The molecule has 2 amide bonds. The van der Waals surface area contributed by atoms with E-state index in [1.54, 1.807) is 12.1 Å². The van der Waals surface area contributed by atoms with Crippen molar-refractivity contribution in [1.82, 2.24) is 15.0 Å². The molecular weight excluding hydrogens is 250 g/mol. The molecule has 1 aliphatic heterocycles. The van der Waals surface area contributed by atoms with Crippen LogP contribution in [-0.4, -0.2) is 32.8 Å². The van der Waals surface area contributed by atoms with Gasteiger partial charge in [0.2, 0.25) is 0 Å². The number of fused-ring (bicyclic) bond motifs is 1. The fourth-order valence-corrected chi connectivity index (χ4v) is 1.75. The number of nitrogens with zero attached hydrogens (tertiary/aromatic N) is 2. The van der Waals surface area contributed by atoms with Gasteiger partial charge < -0.3 is 9.82 Å². The highest BCUT2D eigenvalue weighted by atomic mass is 16.7. The number of hydroxylamine groups is 2. The third-order valence-electron chi connectivity index (χ3n) is 2.65. The summed E-state index contributed by atoms with van der Waals surface area (Å²) in [5, 5.41) is 0.452. The predicted octanol–water partition coefficient (Wildman–Crippen LogP) is 0.778. The highest BCUT2D eigenvalue weighted by Gasteiger charge is 2.38. The van der Waals surface area contributed by atoms with E-state index < -0.39 is 17.8 Å². The van der Waals surface area contributed by atoms with Crippen molar-refractivity contribution in [2.45, 2.75) is 0 Å². The zero-order valence-electron chi connectivity index (χ0n) is 9.49. The van der Waals surface area contributed by atoms with Crippen molar-refractivity contribution in [3.63, 3.8) is 0 Å². The van der Waals surface area contributed by atoms with Crippen LogP contribution >= 0.6 is 0 Å². The second-order valence-corrected chi connectivity index (χ2v) is 3.79. The van der Waals surface area contributed by atoms with E-state index in [1.165, 1.54) is 24.7 Å². The van der Waals surface area contributed by atoms with E-state index in [0.29, 0.717) is 5.06 Å². The summed E-state index contributed by atoms with van der Waals surface area (Å²) in [6, 6.07) is 6.26. The topological polar surface area (TPSA) is 92.4 Å². The summed E-state index contributed by atoms with van der Waals surface area (Å²) in [6.45, 7) is 0. The molecule has 1 aromatic carbocycles. The highest BCUT2D eigenvalue weighted by molar-refractivity contribution is 6.21. The van der Waals surface area contributed by atoms with Crippen molar-refractivity contribution >= 4 is 17.8 Å². The van der Waals surface area contributed by atoms with Crippen LogP contribution in [0.5, 0.6) is 0 Å². The number of rotatable bonds is 2. The lowest BCUT2D eigenvalue weighted by atomic mass is 10.1. The second kappa shape index (κ2) is 4.05. The Hall–Kier alpha value is -2.96. The summed E-state index contributed by atoms with van der Waals surface area (Å²) in [5.74, 6) is -2.17. The van der Waals surface area contributed by atoms with Gasteiger partial charge in [0.05, 0.1) is 23.7 Å². The normalized spacial score (nSPS) is 13.6. The van der Waals surface area contributed by atoms with Gasteiger partial charge in [-0.15, -0.1) is 0 Å². The number of carbonyl (C=O) groups excluding carboxylic acids is 3.